The molecule has 4 nitrogen and oxygen atoms in total. The van der Waals surface area contributed by atoms with Crippen molar-refractivity contribution in [3.8, 4) is 0 Å². The molecule has 0 spiro atoms. The Morgan fingerprint density at radius 2 is 2.19 bits per heavy atom. The number of nitrogens with zero attached hydrogens (tertiary/aromatic N) is 3. The summed E-state index contributed by atoms with van der Waals surface area (Å²) in [5.41, 5.74) is 2.50. The maximum atomic E-state index is 4.47. The summed E-state index contributed by atoms with van der Waals surface area (Å²) < 4.78 is 2.01. The van der Waals surface area contributed by atoms with Gasteiger partial charge in [-0.25, -0.2) is 0 Å². The normalized spacial score (nSPS) is 11.3. The minimum Gasteiger partial charge on any atom is -0.318 e. The van der Waals surface area contributed by atoms with Crippen LogP contribution in [0.15, 0.2) is 6.20 Å². The van der Waals surface area contributed by atoms with Crippen molar-refractivity contribution >= 4 is 0 Å². The maximum Gasteiger partial charge on any atom is 0.0638 e. The summed E-state index contributed by atoms with van der Waals surface area (Å²) >= 11 is 0. The Labute approximate surface area is 98.6 Å². The molecular weight excluding hydrogens is 200 g/mol. The highest BCUT2D eigenvalue weighted by atomic mass is 15.3. The second kappa shape index (κ2) is 6.66. The first-order valence-corrected chi connectivity index (χ1v) is 6.11. The molecule has 0 fully saturated rings. The van der Waals surface area contributed by atoms with Crippen LogP contribution in [0, 0.1) is 6.92 Å². The lowest BCUT2D eigenvalue weighted by Gasteiger charge is -2.19. The van der Waals surface area contributed by atoms with Crippen LogP contribution >= 0.6 is 0 Å². The van der Waals surface area contributed by atoms with Crippen LogP contribution in [-0.4, -0.2) is 41.4 Å². The van der Waals surface area contributed by atoms with Crippen LogP contribution < -0.4 is 5.32 Å². The van der Waals surface area contributed by atoms with E-state index in [-0.39, 0.29) is 0 Å². The maximum absolute atomic E-state index is 4.47. The van der Waals surface area contributed by atoms with Crippen molar-refractivity contribution in [1.82, 2.24) is 20.0 Å². The van der Waals surface area contributed by atoms with Gasteiger partial charge in [-0.3, -0.25) is 9.58 Å². The molecule has 16 heavy (non-hydrogen) atoms. The molecule has 0 saturated heterocycles. The zero-order valence-electron chi connectivity index (χ0n) is 11.0. The number of likely N-dealkylation sites (N-methyl/N-ethyl adjacent to an activating group) is 2. The molecule has 1 N–H and O–H groups in total. The molecule has 1 heterocycles. The quantitative estimate of drug-likeness (QED) is 0.757. The highest BCUT2D eigenvalue weighted by molar-refractivity contribution is 5.15. The lowest BCUT2D eigenvalue weighted by atomic mass is 10.2. The SMILES string of the molecule is CCN(CCNC)Cc1cn(CC)nc1C. The zero-order chi connectivity index (χ0) is 12.0. The average Bonchev–Trinajstić information content (AvgIpc) is 2.65. The molecule has 0 bridgehead atoms. The molecule has 0 radical (unpaired) electrons. The van der Waals surface area contributed by atoms with Gasteiger partial charge in [0.1, 0.15) is 0 Å². The van der Waals surface area contributed by atoms with E-state index in [0.29, 0.717) is 0 Å². The number of nitrogens with one attached hydrogen (secondary N) is 1. The van der Waals surface area contributed by atoms with Gasteiger partial charge in [0.05, 0.1) is 5.69 Å². The Hall–Kier alpha value is -0.870. The third-order valence-electron chi connectivity index (χ3n) is 2.89. The molecule has 4 heteroatoms. The van der Waals surface area contributed by atoms with Crippen LogP contribution in [0.3, 0.4) is 0 Å². The van der Waals surface area contributed by atoms with E-state index in [1.165, 1.54) is 5.56 Å². The summed E-state index contributed by atoms with van der Waals surface area (Å²) in [4.78, 5) is 2.43. The first-order valence-electron chi connectivity index (χ1n) is 6.11. The monoisotopic (exact) mass is 224 g/mol. The zero-order valence-corrected chi connectivity index (χ0v) is 11.0. The second-order valence-electron chi connectivity index (χ2n) is 4.07. The number of hydrogen-bond donors (Lipinski definition) is 1. The van der Waals surface area contributed by atoms with Crippen LogP contribution in [0.5, 0.6) is 0 Å². The Morgan fingerprint density at radius 3 is 2.69 bits per heavy atom. The fourth-order valence-electron chi connectivity index (χ4n) is 1.74. The van der Waals surface area contributed by atoms with E-state index < -0.39 is 0 Å². The largest absolute Gasteiger partial charge is 0.318 e. The third kappa shape index (κ3) is 3.61. The van der Waals surface area contributed by atoms with E-state index in [1.807, 2.05) is 11.7 Å². The van der Waals surface area contributed by atoms with Crippen molar-refractivity contribution in [3.05, 3.63) is 17.5 Å². The number of rotatable bonds is 7. The summed E-state index contributed by atoms with van der Waals surface area (Å²) in [6, 6.07) is 0. The molecule has 0 aliphatic heterocycles. The number of aromatic nitrogens is 2. The summed E-state index contributed by atoms with van der Waals surface area (Å²) in [5, 5.41) is 7.66. The average molecular weight is 224 g/mol. The molecule has 0 aliphatic rings. The van der Waals surface area contributed by atoms with E-state index in [1.54, 1.807) is 0 Å². The van der Waals surface area contributed by atoms with Gasteiger partial charge in [-0.1, -0.05) is 6.92 Å². The van der Waals surface area contributed by atoms with Crippen LogP contribution in [-0.2, 0) is 13.1 Å². The second-order valence-corrected chi connectivity index (χ2v) is 4.07. The Kier molecular flexibility index (Phi) is 5.49. The minimum atomic E-state index is 0.948. The molecule has 1 rings (SSSR count). The van der Waals surface area contributed by atoms with Crippen molar-refractivity contribution in [3.63, 3.8) is 0 Å². The van der Waals surface area contributed by atoms with Gasteiger partial charge in [-0.15, -0.1) is 0 Å². The predicted molar refractivity (Wildman–Crippen MR) is 67.5 cm³/mol. The van der Waals surface area contributed by atoms with Crippen LogP contribution in [0.2, 0.25) is 0 Å². The van der Waals surface area contributed by atoms with Gasteiger partial charge in [0.2, 0.25) is 0 Å². The van der Waals surface area contributed by atoms with E-state index in [9.17, 15) is 0 Å². The van der Waals surface area contributed by atoms with Crippen molar-refractivity contribution < 1.29 is 0 Å². The molecule has 92 valence electrons. The van der Waals surface area contributed by atoms with Gasteiger partial charge in [0.15, 0.2) is 0 Å². The molecule has 0 saturated carbocycles. The Balaban J connectivity index is 2.58. The summed E-state index contributed by atoms with van der Waals surface area (Å²) in [6.07, 6.45) is 2.16. The lowest BCUT2D eigenvalue weighted by molar-refractivity contribution is 0.281. The number of aryl methyl sites for hydroxylation is 2. The van der Waals surface area contributed by atoms with Gasteiger partial charge >= 0.3 is 0 Å². The number of hydrogen-bond acceptors (Lipinski definition) is 3. The first-order chi connectivity index (χ1) is 7.71. The van der Waals surface area contributed by atoms with Crippen molar-refractivity contribution in [2.24, 2.45) is 0 Å². The highest BCUT2D eigenvalue weighted by Crippen LogP contribution is 2.09. The van der Waals surface area contributed by atoms with Crippen molar-refractivity contribution in [2.45, 2.75) is 33.9 Å². The van der Waals surface area contributed by atoms with Gasteiger partial charge in [-0.2, -0.15) is 5.10 Å². The standard InChI is InChI=1S/C12H24N4/c1-5-15(8-7-13-4)9-12-10-16(6-2)14-11(12)3/h10,13H,5-9H2,1-4H3. The molecule has 0 amide bonds. The van der Waals surface area contributed by atoms with E-state index in [0.717, 1.165) is 38.4 Å². The first kappa shape index (κ1) is 13.2. The van der Waals surface area contributed by atoms with Gasteiger partial charge in [0, 0.05) is 37.9 Å². The topological polar surface area (TPSA) is 33.1 Å². The third-order valence-corrected chi connectivity index (χ3v) is 2.89. The fraction of sp³-hybridized carbons (Fsp3) is 0.750. The molecule has 1 aromatic rings. The van der Waals surface area contributed by atoms with Crippen LogP contribution in [0.25, 0.3) is 0 Å². The van der Waals surface area contributed by atoms with Crippen LogP contribution in [0.1, 0.15) is 25.1 Å². The molecule has 0 aromatic carbocycles. The van der Waals surface area contributed by atoms with Crippen molar-refractivity contribution in [1.29, 1.82) is 0 Å². The van der Waals surface area contributed by atoms with Gasteiger partial charge in [0.25, 0.3) is 0 Å². The molecule has 1 aromatic heterocycles. The molecule has 0 atom stereocenters. The smallest absolute Gasteiger partial charge is 0.0638 e. The van der Waals surface area contributed by atoms with Crippen LogP contribution in [0.4, 0.5) is 0 Å². The highest BCUT2D eigenvalue weighted by Gasteiger charge is 2.08. The summed E-state index contributed by atoms with van der Waals surface area (Å²) in [6.45, 7) is 11.6. The van der Waals surface area contributed by atoms with E-state index in [2.05, 4.69) is 42.3 Å². The lowest BCUT2D eigenvalue weighted by Crippen LogP contribution is -2.30. The Morgan fingerprint density at radius 1 is 1.44 bits per heavy atom. The fourth-order valence-corrected chi connectivity index (χ4v) is 1.74. The molecule has 0 unspecified atom stereocenters. The van der Waals surface area contributed by atoms with E-state index >= 15 is 0 Å². The summed E-state index contributed by atoms with van der Waals surface area (Å²) in [5.74, 6) is 0. The Bertz CT molecular complexity index is 306. The van der Waals surface area contributed by atoms with E-state index in [4.69, 9.17) is 0 Å². The van der Waals surface area contributed by atoms with Crippen molar-refractivity contribution in [2.75, 3.05) is 26.7 Å². The summed E-state index contributed by atoms with van der Waals surface area (Å²) in [7, 11) is 1.99. The molecular formula is C12H24N4. The minimum absolute atomic E-state index is 0.948. The predicted octanol–water partition coefficient (Wildman–Crippen LogP) is 1.25. The van der Waals surface area contributed by atoms with Gasteiger partial charge in [-0.05, 0) is 27.4 Å². The van der Waals surface area contributed by atoms with Gasteiger partial charge < -0.3 is 5.32 Å². The molecule has 0 aliphatic carbocycles.